The fourth-order valence-corrected chi connectivity index (χ4v) is 4.09. The van der Waals surface area contributed by atoms with Gasteiger partial charge in [0.05, 0.1) is 10.6 Å². The lowest BCUT2D eigenvalue weighted by atomic mass is 9.86. The van der Waals surface area contributed by atoms with Crippen LogP contribution in [0.15, 0.2) is 95.0 Å². The molecule has 0 saturated carbocycles. The number of nitro benzene ring substituents is 1. The Bertz CT molecular complexity index is 1460. The molecule has 0 spiro atoms. The predicted molar refractivity (Wildman–Crippen MR) is 137 cm³/mol. The molecule has 4 aromatic rings. The molecule has 0 aliphatic carbocycles. The molecule has 5 rings (SSSR count). The summed E-state index contributed by atoms with van der Waals surface area (Å²) in [6.07, 6.45) is 0. The summed E-state index contributed by atoms with van der Waals surface area (Å²) < 4.78 is 0. The molecule has 0 bridgehead atoms. The average Bonchev–Trinajstić information content (AvgIpc) is 3.04. The highest BCUT2D eigenvalue weighted by atomic mass is 16.6. The van der Waals surface area contributed by atoms with E-state index >= 15 is 0 Å². The van der Waals surface area contributed by atoms with Gasteiger partial charge in [0.15, 0.2) is 5.84 Å². The molecule has 4 aromatic carbocycles. The number of hydrazone groups is 1. The first-order valence-corrected chi connectivity index (χ1v) is 11.1. The first-order valence-electron chi connectivity index (χ1n) is 11.1. The second kappa shape index (κ2) is 8.23. The van der Waals surface area contributed by atoms with E-state index in [0.717, 1.165) is 33.2 Å². The molecule has 6 heteroatoms. The fraction of sp³-hybridized carbons (Fsp3) is 0.143. The number of nitro groups is 1. The van der Waals surface area contributed by atoms with Crippen LogP contribution in [0, 0.1) is 10.1 Å². The van der Waals surface area contributed by atoms with E-state index in [2.05, 4.69) is 62.6 Å². The summed E-state index contributed by atoms with van der Waals surface area (Å²) in [4.78, 5) is 15.8. The Hall–Kier alpha value is -4.32. The van der Waals surface area contributed by atoms with Gasteiger partial charge in [0.25, 0.3) is 5.69 Å². The number of amidine groups is 1. The Morgan fingerprint density at radius 1 is 0.824 bits per heavy atom. The largest absolute Gasteiger partial charge is 0.269 e. The molecule has 0 saturated heterocycles. The third-order valence-corrected chi connectivity index (χ3v) is 6.03. The second-order valence-corrected chi connectivity index (χ2v) is 9.35. The zero-order chi connectivity index (χ0) is 23.9. The molecule has 6 nitrogen and oxygen atoms in total. The van der Waals surface area contributed by atoms with Gasteiger partial charge in [-0.25, -0.2) is 4.99 Å². The number of nitrogens with zero attached hydrogens (tertiary/aromatic N) is 3. The van der Waals surface area contributed by atoms with Gasteiger partial charge in [-0.3, -0.25) is 15.5 Å². The number of non-ortho nitro benzene ring substituents is 1. The number of nitrogens with one attached hydrogen (secondary N) is 1. The molecule has 0 fully saturated rings. The van der Waals surface area contributed by atoms with Gasteiger partial charge in [0, 0.05) is 34.2 Å². The van der Waals surface area contributed by atoms with Gasteiger partial charge in [0.1, 0.15) is 5.71 Å². The smallest absolute Gasteiger partial charge is 0.260 e. The van der Waals surface area contributed by atoms with Crippen LogP contribution < -0.4 is 5.43 Å². The van der Waals surface area contributed by atoms with Crippen molar-refractivity contribution in [3.05, 3.63) is 117 Å². The Kier molecular flexibility index (Phi) is 5.21. The number of fused-ring (bicyclic) bond motifs is 3. The van der Waals surface area contributed by atoms with Crippen molar-refractivity contribution in [1.82, 2.24) is 5.43 Å². The van der Waals surface area contributed by atoms with Crippen molar-refractivity contribution in [2.45, 2.75) is 26.2 Å². The number of hydrogen-bond donors (Lipinski definition) is 1. The van der Waals surface area contributed by atoms with Crippen LogP contribution in [-0.2, 0) is 5.41 Å². The topological polar surface area (TPSA) is 79.9 Å². The van der Waals surface area contributed by atoms with Crippen LogP contribution in [0.4, 0.5) is 11.4 Å². The Morgan fingerprint density at radius 2 is 1.50 bits per heavy atom. The normalized spacial score (nSPS) is 13.4. The second-order valence-electron chi connectivity index (χ2n) is 9.35. The SMILES string of the molecule is CC(C)(C)c1ccc(C2=Nc3c(ccc4ccccc34)C(c3ccc([N+](=O)[O-])cc3)=NN2)cc1. The van der Waals surface area contributed by atoms with Gasteiger partial charge in [0.2, 0.25) is 0 Å². The summed E-state index contributed by atoms with van der Waals surface area (Å²) in [6.45, 7) is 6.56. The zero-order valence-corrected chi connectivity index (χ0v) is 19.2. The first kappa shape index (κ1) is 21.5. The molecule has 0 radical (unpaired) electrons. The Balaban J connectivity index is 1.67. The van der Waals surface area contributed by atoms with Crippen molar-refractivity contribution < 1.29 is 4.92 Å². The molecule has 1 N–H and O–H groups in total. The third kappa shape index (κ3) is 3.94. The van der Waals surface area contributed by atoms with Crippen molar-refractivity contribution in [2.75, 3.05) is 0 Å². The van der Waals surface area contributed by atoms with E-state index < -0.39 is 4.92 Å². The lowest BCUT2D eigenvalue weighted by Gasteiger charge is -2.19. The molecule has 1 aliphatic rings. The highest BCUT2D eigenvalue weighted by Gasteiger charge is 2.21. The summed E-state index contributed by atoms with van der Waals surface area (Å²) >= 11 is 0. The molecule has 1 aliphatic heterocycles. The molecule has 1 heterocycles. The maximum absolute atomic E-state index is 11.1. The van der Waals surface area contributed by atoms with Gasteiger partial charge in [-0.1, -0.05) is 75.4 Å². The maximum Gasteiger partial charge on any atom is 0.269 e. The first-order chi connectivity index (χ1) is 16.3. The Labute approximate surface area is 197 Å². The minimum atomic E-state index is -0.402. The van der Waals surface area contributed by atoms with E-state index in [4.69, 9.17) is 10.1 Å². The summed E-state index contributed by atoms with van der Waals surface area (Å²) in [5.74, 6) is 0.648. The van der Waals surface area contributed by atoms with Crippen molar-refractivity contribution in [3.63, 3.8) is 0 Å². The summed E-state index contributed by atoms with van der Waals surface area (Å²) in [7, 11) is 0. The quantitative estimate of drug-likeness (QED) is 0.288. The molecule has 168 valence electrons. The standard InChI is InChI=1S/C28H24N4O2/c1-28(2,3)21-13-8-20(9-14-21)27-29-26-23-7-5-4-6-18(23)12-17-24(26)25(30-31-27)19-10-15-22(16-11-19)32(33)34/h4-17H,1-3H3,(H,29,31). The van der Waals surface area contributed by atoms with E-state index in [1.807, 2.05) is 24.3 Å². The molecule has 0 aromatic heterocycles. The van der Waals surface area contributed by atoms with Gasteiger partial charge in [-0.15, -0.1) is 0 Å². The van der Waals surface area contributed by atoms with Crippen LogP contribution in [-0.4, -0.2) is 16.5 Å². The van der Waals surface area contributed by atoms with Crippen LogP contribution in [0.2, 0.25) is 0 Å². The van der Waals surface area contributed by atoms with Gasteiger partial charge in [-0.05, 0) is 34.6 Å². The molecule has 0 unspecified atom stereocenters. The van der Waals surface area contributed by atoms with E-state index in [0.29, 0.717) is 11.5 Å². The summed E-state index contributed by atoms with van der Waals surface area (Å²) in [6, 6.07) is 27.0. The summed E-state index contributed by atoms with van der Waals surface area (Å²) in [5, 5.41) is 17.9. The highest BCUT2D eigenvalue weighted by molar-refractivity contribution is 6.21. The van der Waals surface area contributed by atoms with Gasteiger partial charge < -0.3 is 0 Å². The number of hydrogen-bond acceptors (Lipinski definition) is 5. The average molecular weight is 449 g/mol. The Morgan fingerprint density at radius 3 is 2.18 bits per heavy atom. The minimum absolute atomic E-state index is 0.0422. The number of rotatable bonds is 3. The fourth-order valence-electron chi connectivity index (χ4n) is 4.09. The molecule has 0 amide bonds. The number of aliphatic imine (C=N–C) groups is 1. The molecular weight excluding hydrogens is 424 g/mol. The van der Waals surface area contributed by atoms with Crippen LogP contribution in [0.1, 0.15) is 43.0 Å². The number of benzene rings is 4. The highest BCUT2D eigenvalue weighted by Crippen LogP contribution is 2.34. The van der Waals surface area contributed by atoms with E-state index in [-0.39, 0.29) is 11.1 Å². The van der Waals surface area contributed by atoms with Crippen LogP contribution in [0.5, 0.6) is 0 Å². The minimum Gasteiger partial charge on any atom is -0.260 e. The van der Waals surface area contributed by atoms with E-state index in [1.54, 1.807) is 12.1 Å². The van der Waals surface area contributed by atoms with Crippen molar-refractivity contribution in [2.24, 2.45) is 10.1 Å². The predicted octanol–water partition coefficient (Wildman–Crippen LogP) is 6.48. The lowest BCUT2D eigenvalue weighted by molar-refractivity contribution is -0.384. The summed E-state index contributed by atoms with van der Waals surface area (Å²) in [5.41, 5.74) is 8.56. The van der Waals surface area contributed by atoms with Crippen LogP contribution in [0.3, 0.4) is 0 Å². The molecule has 34 heavy (non-hydrogen) atoms. The van der Waals surface area contributed by atoms with Crippen molar-refractivity contribution >= 4 is 33.7 Å². The van der Waals surface area contributed by atoms with Crippen LogP contribution in [0.25, 0.3) is 10.8 Å². The molecular formula is C28H24N4O2. The zero-order valence-electron chi connectivity index (χ0n) is 19.2. The third-order valence-electron chi connectivity index (χ3n) is 6.03. The van der Waals surface area contributed by atoms with Gasteiger partial charge in [-0.2, -0.15) is 5.10 Å². The molecule has 0 atom stereocenters. The van der Waals surface area contributed by atoms with E-state index in [1.165, 1.54) is 17.7 Å². The monoisotopic (exact) mass is 448 g/mol. The van der Waals surface area contributed by atoms with Crippen LogP contribution >= 0.6 is 0 Å². The van der Waals surface area contributed by atoms with Crippen molar-refractivity contribution in [1.29, 1.82) is 0 Å². The van der Waals surface area contributed by atoms with Gasteiger partial charge >= 0.3 is 0 Å². The van der Waals surface area contributed by atoms with E-state index in [9.17, 15) is 10.1 Å². The van der Waals surface area contributed by atoms with Crippen molar-refractivity contribution in [3.8, 4) is 0 Å². The lowest BCUT2D eigenvalue weighted by Crippen LogP contribution is -2.20. The maximum atomic E-state index is 11.1.